The van der Waals surface area contributed by atoms with Crippen molar-refractivity contribution in [2.45, 2.75) is 13.1 Å². The number of aromatic nitrogens is 2. The molecule has 1 unspecified atom stereocenters. The third-order valence-electron chi connectivity index (χ3n) is 5.42. The predicted molar refractivity (Wildman–Crippen MR) is 118 cm³/mol. The fraction of sp³-hybridized carbons (Fsp3) is 0.160. The molecule has 0 fully saturated rings. The molecule has 5 rings (SSSR count). The van der Waals surface area contributed by atoms with E-state index in [1.54, 1.807) is 6.07 Å². The molecule has 156 valence electrons. The normalized spacial score (nSPS) is 13.3. The minimum Gasteiger partial charge on any atom is -0.507 e. The summed E-state index contributed by atoms with van der Waals surface area (Å²) < 4.78 is 12.7. The number of benzene rings is 3. The van der Waals surface area contributed by atoms with Gasteiger partial charge in [0.05, 0.1) is 23.9 Å². The van der Waals surface area contributed by atoms with Crippen LogP contribution in [-0.2, 0) is 13.1 Å². The van der Waals surface area contributed by atoms with E-state index in [-0.39, 0.29) is 12.5 Å². The summed E-state index contributed by atoms with van der Waals surface area (Å²) in [5, 5.41) is 15.3. The number of para-hydroxylation sites is 1. The fourth-order valence-corrected chi connectivity index (χ4v) is 3.92. The average molecular weight is 414 g/mol. The number of nitrogens with zero attached hydrogens (tertiary/aromatic N) is 2. The highest BCUT2D eigenvalue weighted by Crippen LogP contribution is 2.37. The van der Waals surface area contributed by atoms with Gasteiger partial charge in [0.2, 0.25) is 6.79 Å². The number of hydrogen-bond donors (Lipinski definition) is 2. The zero-order valence-electron chi connectivity index (χ0n) is 17.3. The minimum atomic E-state index is 0.194. The van der Waals surface area contributed by atoms with Crippen molar-refractivity contribution in [3.8, 4) is 34.2 Å². The molecule has 6 nitrogen and oxygen atoms in total. The Morgan fingerprint density at radius 3 is 2.29 bits per heavy atom. The highest BCUT2D eigenvalue weighted by atomic mass is 16.7. The van der Waals surface area contributed by atoms with E-state index in [0.29, 0.717) is 18.0 Å². The Morgan fingerprint density at radius 2 is 1.55 bits per heavy atom. The van der Waals surface area contributed by atoms with E-state index < -0.39 is 0 Å². The molecule has 1 atom stereocenters. The van der Waals surface area contributed by atoms with E-state index in [4.69, 9.17) is 14.6 Å². The number of phenols is 1. The van der Waals surface area contributed by atoms with Gasteiger partial charge in [-0.3, -0.25) is 0 Å². The van der Waals surface area contributed by atoms with Gasteiger partial charge in [0.1, 0.15) is 24.5 Å². The van der Waals surface area contributed by atoms with E-state index in [1.807, 2.05) is 59.3 Å². The molecule has 6 heteroatoms. The lowest BCUT2D eigenvalue weighted by Gasteiger charge is -2.15. The Hall–Kier alpha value is -3.77. The molecule has 0 amide bonds. The Morgan fingerprint density at radius 1 is 0.903 bits per heavy atom. The molecule has 0 saturated carbocycles. The molecular formula is C25H24N3O3+. The summed E-state index contributed by atoms with van der Waals surface area (Å²) in [6.07, 6.45) is 2.10. The zero-order valence-corrected chi connectivity index (χ0v) is 17.3. The van der Waals surface area contributed by atoms with Crippen LogP contribution < -0.4 is 14.4 Å². The largest absolute Gasteiger partial charge is 0.507 e. The highest BCUT2D eigenvalue weighted by Gasteiger charge is 2.21. The molecule has 2 N–H and O–H groups in total. The standard InChI is InChI=1S/C25H23N3O3/c1-27(14-19-12-23-24(13-22(19)29)31-17-30-23)15-20-16-28(21-10-6-3-7-11-21)26-25(20)18-8-4-2-5-9-18/h2-13,16,29H,14-15,17H2,1H3/p+1. The molecule has 1 aromatic heterocycles. The molecule has 2 heterocycles. The van der Waals surface area contributed by atoms with Crippen molar-refractivity contribution in [1.29, 1.82) is 0 Å². The van der Waals surface area contributed by atoms with E-state index in [9.17, 15) is 5.11 Å². The maximum atomic E-state index is 10.4. The number of fused-ring (bicyclic) bond motifs is 1. The zero-order chi connectivity index (χ0) is 21.2. The van der Waals surface area contributed by atoms with Gasteiger partial charge in [0.25, 0.3) is 0 Å². The van der Waals surface area contributed by atoms with Crippen LogP contribution in [0.15, 0.2) is 79.0 Å². The van der Waals surface area contributed by atoms with Gasteiger partial charge >= 0.3 is 0 Å². The second-order valence-corrected chi connectivity index (χ2v) is 7.79. The maximum Gasteiger partial charge on any atom is 0.231 e. The molecule has 0 saturated heterocycles. The average Bonchev–Trinajstić information content (AvgIpc) is 3.42. The van der Waals surface area contributed by atoms with Crippen LogP contribution in [0, 0.1) is 0 Å². The highest BCUT2D eigenvalue weighted by molar-refractivity contribution is 5.63. The Balaban J connectivity index is 1.43. The molecule has 3 aromatic carbocycles. The van der Waals surface area contributed by atoms with Crippen molar-refractivity contribution in [3.63, 3.8) is 0 Å². The Bertz CT molecular complexity index is 1190. The van der Waals surface area contributed by atoms with Gasteiger partial charge in [-0.25, -0.2) is 4.68 Å². The molecular weight excluding hydrogens is 390 g/mol. The van der Waals surface area contributed by atoms with Crippen molar-refractivity contribution >= 4 is 0 Å². The van der Waals surface area contributed by atoms with E-state index in [1.165, 1.54) is 4.90 Å². The summed E-state index contributed by atoms with van der Waals surface area (Å²) in [6, 6.07) is 23.9. The SMILES string of the molecule is C[NH+](Cc1cc2c(cc1O)OCO2)Cc1cn(-c2ccccc2)nc1-c1ccccc1. The van der Waals surface area contributed by atoms with Crippen LogP contribution >= 0.6 is 0 Å². The number of quaternary nitrogens is 1. The summed E-state index contributed by atoms with van der Waals surface area (Å²) in [6.45, 7) is 1.60. The first kappa shape index (κ1) is 19.2. The van der Waals surface area contributed by atoms with Crippen LogP contribution in [0.4, 0.5) is 0 Å². The van der Waals surface area contributed by atoms with Crippen LogP contribution in [-0.4, -0.2) is 28.7 Å². The summed E-state index contributed by atoms with van der Waals surface area (Å²) in [5.41, 5.74) is 5.06. The van der Waals surface area contributed by atoms with Gasteiger partial charge in [0, 0.05) is 17.8 Å². The Labute approximate surface area is 180 Å². The van der Waals surface area contributed by atoms with Gasteiger partial charge in [-0.2, -0.15) is 5.10 Å². The van der Waals surface area contributed by atoms with Crippen molar-refractivity contribution in [2.75, 3.05) is 13.8 Å². The first-order chi connectivity index (χ1) is 15.2. The summed E-state index contributed by atoms with van der Waals surface area (Å²) in [4.78, 5) is 1.22. The van der Waals surface area contributed by atoms with Crippen molar-refractivity contribution in [2.24, 2.45) is 0 Å². The van der Waals surface area contributed by atoms with Gasteiger partial charge < -0.3 is 19.5 Å². The van der Waals surface area contributed by atoms with Crippen LogP contribution in [0.5, 0.6) is 17.2 Å². The molecule has 0 spiro atoms. The third kappa shape index (κ3) is 3.98. The van der Waals surface area contributed by atoms with Gasteiger partial charge in [0.15, 0.2) is 11.5 Å². The number of hydrogen-bond acceptors (Lipinski definition) is 4. The summed E-state index contributed by atoms with van der Waals surface area (Å²) >= 11 is 0. The number of nitrogens with one attached hydrogen (secondary N) is 1. The van der Waals surface area contributed by atoms with Crippen molar-refractivity contribution in [1.82, 2.24) is 9.78 Å². The van der Waals surface area contributed by atoms with Gasteiger partial charge in [-0.1, -0.05) is 48.5 Å². The van der Waals surface area contributed by atoms with Gasteiger partial charge in [-0.15, -0.1) is 0 Å². The number of rotatable bonds is 6. The Kier molecular flexibility index (Phi) is 5.06. The quantitative estimate of drug-likeness (QED) is 0.509. The number of ether oxygens (including phenoxy) is 2. The molecule has 31 heavy (non-hydrogen) atoms. The van der Waals surface area contributed by atoms with E-state index in [0.717, 1.165) is 34.6 Å². The smallest absolute Gasteiger partial charge is 0.231 e. The second-order valence-electron chi connectivity index (χ2n) is 7.79. The predicted octanol–water partition coefficient (Wildman–Crippen LogP) is 3.19. The molecule has 0 bridgehead atoms. The summed E-state index contributed by atoms with van der Waals surface area (Å²) in [7, 11) is 2.11. The summed E-state index contributed by atoms with van der Waals surface area (Å²) in [5.74, 6) is 1.50. The molecule has 0 aliphatic carbocycles. The first-order valence-electron chi connectivity index (χ1n) is 10.3. The second kappa shape index (κ2) is 8.16. The van der Waals surface area contributed by atoms with Crippen LogP contribution in [0.1, 0.15) is 11.1 Å². The van der Waals surface area contributed by atoms with Crippen LogP contribution in [0.25, 0.3) is 16.9 Å². The minimum absolute atomic E-state index is 0.194. The first-order valence-corrected chi connectivity index (χ1v) is 10.3. The van der Waals surface area contributed by atoms with E-state index in [2.05, 4.69) is 25.4 Å². The molecule has 4 aromatic rings. The lowest BCUT2D eigenvalue weighted by molar-refractivity contribution is -0.907. The third-order valence-corrected chi connectivity index (χ3v) is 5.42. The number of aromatic hydroxyl groups is 1. The van der Waals surface area contributed by atoms with Gasteiger partial charge in [-0.05, 0) is 18.2 Å². The number of phenolic OH excluding ortho intramolecular Hbond substituents is 1. The van der Waals surface area contributed by atoms with Crippen molar-refractivity contribution in [3.05, 3.63) is 90.1 Å². The van der Waals surface area contributed by atoms with Crippen LogP contribution in [0.2, 0.25) is 0 Å². The lowest BCUT2D eigenvalue weighted by Crippen LogP contribution is -3.06. The monoisotopic (exact) mass is 414 g/mol. The lowest BCUT2D eigenvalue weighted by atomic mass is 10.1. The topological polar surface area (TPSA) is 61.0 Å². The molecule has 1 aliphatic rings. The van der Waals surface area contributed by atoms with Crippen molar-refractivity contribution < 1.29 is 19.5 Å². The molecule has 1 aliphatic heterocycles. The fourth-order valence-electron chi connectivity index (χ4n) is 3.92. The van der Waals surface area contributed by atoms with Crippen LogP contribution in [0.3, 0.4) is 0 Å². The molecule has 0 radical (unpaired) electrons. The van der Waals surface area contributed by atoms with E-state index >= 15 is 0 Å². The maximum absolute atomic E-state index is 10.4.